The molecular weight excluding hydrogens is 476 g/mol. The Kier molecular flexibility index (Phi) is 9.42. The molecule has 0 radical (unpaired) electrons. The number of rotatable bonds is 12. The van der Waals surface area contributed by atoms with Gasteiger partial charge in [0.15, 0.2) is 5.78 Å². The summed E-state index contributed by atoms with van der Waals surface area (Å²) in [5.74, 6) is -1.60. The van der Waals surface area contributed by atoms with E-state index < -0.39 is 35.5 Å². The van der Waals surface area contributed by atoms with E-state index >= 15 is 0 Å². The van der Waals surface area contributed by atoms with E-state index in [9.17, 15) is 24.0 Å². The Labute approximate surface area is 217 Å². The van der Waals surface area contributed by atoms with Gasteiger partial charge in [0.2, 0.25) is 23.6 Å². The summed E-state index contributed by atoms with van der Waals surface area (Å²) in [5, 5.41) is 8.17. The Hall–Kier alpha value is -3.27. The van der Waals surface area contributed by atoms with Gasteiger partial charge in [0.1, 0.15) is 17.7 Å². The van der Waals surface area contributed by atoms with Crippen molar-refractivity contribution in [2.45, 2.75) is 77.1 Å². The van der Waals surface area contributed by atoms with Gasteiger partial charge in [0.05, 0.1) is 19.2 Å². The van der Waals surface area contributed by atoms with Crippen molar-refractivity contribution >= 4 is 29.4 Å². The molecule has 2 saturated heterocycles. The van der Waals surface area contributed by atoms with Gasteiger partial charge in [0, 0.05) is 19.9 Å². The number of nitrogens with one attached hydrogen (secondary N) is 3. The normalized spacial score (nSPS) is 22.2. The first kappa shape index (κ1) is 28.3. The molecule has 0 aliphatic carbocycles. The van der Waals surface area contributed by atoms with Gasteiger partial charge >= 0.3 is 0 Å². The van der Waals surface area contributed by atoms with E-state index in [-0.39, 0.29) is 36.5 Å². The van der Waals surface area contributed by atoms with Crippen LogP contribution in [0.15, 0.2) is 30.3 Å². The van der Waals surface area contributed by atoms with Crippen LogP contribution in [-0.2, 0) is 35.1 Å². The van der Waals surface area contributed by atoms with Crippen molar-refractivity contribution < 1.29 is 28.7 Å². The largest absolute Gasteiger partial charge is 0.361 e. The van der Waals surface area contributed by atoms with Gasteiger partial charge in [-0.3, -0.25) is 24.0 Å². The quantitative estimate of drug-likeness (QED) is 0.352. The van der Waals surface area contributed by atoms with E-state index in [2.05, 4.69) is 16.0 Å². The Morgan fingerprint density at radius 3 is 2.35 bits per heavy atom. The predicted molar refractivity (Wildman–Crippen MR) is 136 cm³/mol. The number of epoxide rings is 1. The molecule has 2 fully saturated rings. The van der Waals surface area contributed by atoms with E-state index in [1.54, 1.807) is 6.92 Å². The van der Waals surface area contributed by atoms with E-state index in [4.69, 9.17) is 4.74 Å². The maximum Gasteiger partial charge on any atom is 0.243 e. The van der Waals surface area contributed by atoms with Crippen LogP contribution in [-0.4, -0.2) is 77.7 Å². The first-order chi connectivity index (χ1) is 17.5. The summed E-state index contributed by atoms with van der Waals surface area (Å²) in [6.07, 6.45) is 1.77. The fourth-order valence-corrected chi connectivity index (χ4v) is 4.56. The molecule has 37 heavy (non-hydrogen) atoms. The maximum absolute atomic E-state index is 13.5. The molecule has 2 heterocycles. The molecule has 0 saturated carbocycles. The van der Waals surface area contributed by atoms with Gasteiger partial charge in [0.25, 0.3) is 0 Å². The lowest BCUT2D eigenvalue weighted by molar-refractivity contribution is -0.139. The van der Waals surface area contributed by atoms with Crippen LogP contribution in [0.2, 0.25) is 0 Å². The highest BCUT2D eigenvalue weighted by molar-refractivity contribution is 5.98. The monoisotopic (exact) mass is 514 g/mol. The summed E-state index contributed by atoms with van der Waals surface area (Å²) in [4.78, 5) is 65.1. The van der Waals surface area contributed by atoms with Gasteiger partial charge in [-0.1, -0.05) is 44.2 Å². The standard InChI is InChI=1S/C27H38N4O6/c1-17(2)13-20(24(34)27(4)16-37-27)29-25(35)21(14-19-9-6-5-7-10-19)30-26(36)22-11-8-12-31(22)23(33)15-28-18(3)32/h5-7,9-10,17,20-22H,8,11-16H2,1-4H3,(H,28,32)(H,29,35)(H,30,36)/t20-,21-,22-,27?/m0/s1. The summed E-state index contributed by atoms with van der Waals surface area (Å²) < 4.78 is 5.32. The van der Waals surface area contributed by atoms with Crippen LogP contribution in [0.25, 0.3) is 0 Å². The van der Waals surface area contributed by atoms with Crippen molar-refractivity contribution in [3.8, 4) is 0 Å². The number of likely N-dealkylation sites (tertiary alicyclic amines) is 1. The molecule has 10 heteroatoms. The number of hydrogen-bond donors (Lipinski definition) is 3. The average Bonchev–Trinajstić information content (AvgIpc) is 3.40. The van der Waals surface area contributed by atoms with Gasteiger partial charge in [-0.25, -0.2) is 0 Å². The lowest BCUT2D eigenvalue weighted by atomic mass is 9.93. The zero-order valence-electron chi connectivity index (χ0n) is 22.0. The van der Waals surface area contributed by atoms with Crippen molar-refractivity contribution in [2.24, 2.45) is 5.92 Å². The van der Waals surface area contributed by atoms with Crippen molar-refractivity contribution in [2.75, 3.05) is 19.7 Å². The van der Waals surface area contributed by atoms with Crippen molar-refractivity contribution in [3.05, 3.63) is 35.9 Å². The Morgan fingerprint density at radius 2 is 1.76 bits per heavy atom. The van der Waals surface area contributed by atoms with Crippen LogP contribution >= 0.6 is 0 Å². The second-order valence-electron chi connectivity index (χ2n) is 10.5. The fourth-order valence-electron chi connectivity index (χ4n) is 4.56. The van der Waals surface area contributed by atoms with Gasteiger partial charge < -0.3 is 25.6 Å². The molecule has 0 bridgehead atoms. The minimum Gasteiger partial charge on any atom is -0.361 e. The number of carbonyl (C=O) groups excluding carboxylic acids is 5. The number of nitrogens with zero attached hydrogens (tertiary/aromatic N) is 1. The molecule has 4 amide bonds. The molecule has 1 aromatic rings. The lowest BCUT2D eigenvalue weighted by Gasteiger charge is -2.28. The van der Waals surface area contributed by atoms with Crippen LogP contribution in [0, 0.1) is 5.92 Å². The van der Waals surface area contributed by atoms with Gasteiger partial charge in [-0.2, -0.15) is 0 Å². The molecule has 3 N–H and O–H groups in total. The van der Waals surface area contributed by atoms with Gasteiger partial charge in [-0.05, 0) is 37.7 Å². The third-order valence-corrected chi connectivity index (χ3v) is 6.72. The minimum atomic E-state index is -0.946. The molecule has 4 atom stereocenters. The lowest BCUT2D eigenvalue weighted by Crippen LogP contribution is -2.57. The topological polar surface area (TPSA) is 137 Å². The highest BCUT2D eigenvalue weighted by atomic mass is 16.6. The first-order valence-electron chi connectivity index (χ1n) is 12.9. The maximum atomic E-state index is 13.5. The van der Waals surface area contributed by atoms with Crippen LogP contribution in [0.1, 0.15) is 52.5 Å². The molecule has 1 aromatic carbocycles. The highest BCUT2D eigenvalue weighted by Gasteiger charge is 2.50. The molecule has 0 spiro atoms. The number of Topliss-reactive ketones (excluding diaryl/α,β-unsaturated/α-hetero) is 1. The molecular formula is C27H38N4O6. The summed E-state index contributed by atoms with van der Waals surface area (Å²) in [7, 11) is 0. The molecule has 2 aliphatic heterocycles. The summed E-state index contributed by atoms with van der Waals surface area (Å²) in [5.41, 5.74) is -0.0407. The summed E-state index contributed by atoms with van der Waals surface area (Å²) >= 11 is 0. The third-order valence-electron chi connectivity index (χ3n) is 6.72. The van der Waals surface area contributed by atoms with Crippen LogP contribution in [0.4, 0.5) is 0 Å². The zero-order chi connectivity index (χ0) is 27.2. The molecule has 10 nitrogen and oxygen atoms in total. The van der Waals surface area contributed by atoms with E-state index in [0.717, 1.165) is 5.56 Å². The van der Waals surface area contributed by atoms with Crippen LogP contribution < -0.4 is 16.0 Å². The molecule has 1 unspecified atom stereocenters. The smallest absolute Gasteiger partial charge is 0.243 e. The average molecular weight is 515 g/mol. The first-order valence-corrected chi connectivity index (χ1v) is 12.9. The number of benzene rings is 1. The molecule has 3 rings (SSSR count). The van der Waals surface area contributed by atoms with Gasteiger partial charge in [-0.15, -0.1) is 0 Å². The third kappa shape index (κ3) is 7.85. The zero-order valence-corrected chi connectivity index (χ0v) is 22.0. The molecule has 2 aliphatic rings. The second-order valence-corrected chi connectivity index (χ2v) is 10.5. The second kappa shape index (κ2) is 12.3. The predicted octanol–water partition coefficient (Wildman–Crippen LogP) is 0.730. The fraction of sp³-hybridized carbons (Fsp3) is 0.593. The Bertz CT molecular complexity index is 1010. The number of carbonyl (C=O) groups is 5. The van der Waals surface area contributed by atoms with Crippen molar-refractivity contribution in [3.63, 3.8) is 0 Å². The number of amides is 4. The van der Waals surface area contributed by atoms with E-state index in [0.29, 0.717) is 32.4 Å². The Balaban J connectivity index is 1.75. The van der Waals surface area contributed by atoms with E-state index in [1.165, 1.54) is 11.8 Å². The number of ether oxygens (including phenoxy) is 1. The highest BCUT2D eigenvalue weighted by Crippen LogP contribution is 2.29. The van der Waals surface area contributed by atoms with Crippen molar-refractivity contribution in [1.82, 2.24) is 20.9 Å². The minimum absolute atomic E-state index is 0.153. The van der Waals surface area contributed by atoms with Crippen LogP contribution in [0.5, 0.6) is 0 Å². The van der Waals surface area contributed by atoms with Crippen molar-refractivity contribution in [1.29, 1.82) is 0 Å². The SMILES string of the molecule is CC(=O)NCC(=O)N1CCC[C@H]1C(=O)N[C@@H](Cc1ccccc1)C(=O)N[C@@H](CC(C)C)C(=O)C1(C)CO1. The summed E-state index contributed by atoms with van der Waals surface area (Å²) in [6.45, 7) is 7.51. The Morgan fingerprint density at radius 1 is 1.08 bits per heavy atom. The number of hydrogen-bond acceptors (Lipinski definition) is 6. The summed E-state index contributed by atoms with van der Waals surface area (Å²) in [6, 6.07) is 6.86. The molecule has 202 valence electrons. The van der Waals surface area contributed by atoms with Crippen LogP contribution in [0.3, 0.4) is 0 Å². The van der Waals surface area contributed by atoms with E-state index in [1.807, 2.05) is 44.2 Å². The molecule has 0 aromatic heterocycles. The number of ketones is 1.